The summed E-state index contributed by atoms with van der Waals surface area (Å²) >= 11 is 11.6. The minimum absolute atomic E-state index is 0.416. The molecule has 0 bridgehead atoms. The molecule has 0 heterocycles. The van der Waals surface area contributed by atoms with Crippen molar-refractivity contribution in [3.8, 4) is 0 Å². The molecule has 1 rings (SSSR count). The lowest BCUT2D eigenvalue weighted by molar-refractivity contribution is 0.0605. The maximum absolute atomic E-state index is 11.3. The molecule has 0 aliphatic rings. The van der Waals surface area contributed by atoms with Crippen molar-refractivity contribution in [1.82, 2.24) is 0 Å². The average molecular weight is 274 g/mol. The van der Waals surface area contributed by atoms with Crippen molar-refractivity contribution >= 4 is 35.5 Å². The smallest absolute Gasteiger partial charge is 0.434 e. The van der Waals surface area contributed by atoms with Gasteiger partial charge in [0.1, 0.15) is 5.60 Å². The van der Waals surface area contributed by atoms with Gasteiger partial charge in [-0.2, -0.15) is 4.99 Å². The van der Waals surface area contributed by atoms with Crippen LogP contribution in [-0.4, -0.2) is 17.9 Å². The maximum Gasteiger partial charge on any atom is 0.434 e. The Morgan fingerprint density at radius 1 is 1.29 bits per heavy atom. The van der Waals surface area contributed by atoms with E-state index in [1.54, 1.807) is 39.0 Å². The average Bonchev–Trinajstić information content (AvgIpc) is 2.17. The molecule has 0 N–H and O–H groups in total. The second-order valence-corrected chi connectivity index (χ2v) is 5.23. The van der Waals surface area contributed by atoms with Crippen LogP contribution in [-0.2, 0) is 4.74 Å². The normalized spacial score (nSPS) is 11.8. The summed E-state index contributed by atoms with van der Waals surface area (Å²) in [7, 11) is 0. The van der Waals surface area contributed by atoms with E-state index in [0.717, 1.165) is 0 Å². The summed E-state index contributed by atoms with van der Waals surface area (Å²) < 4.78 is 5.02. The number of nitrogens with zero attached hydrogens (tertiary/aromatic N) is 1. The van der Waals surface area contributed by atoms with Crippen LogP contribution in [0.2, 0.25) is 10.0 Å². The quantitative estimate of drug-likeness (QED) is 0.714. The number of halogens is 2. The fourth-order valence-electron chi connectivity index (χ4n) is 1.01. The number of hydrogen-bond acceptors (Lipinski definition) is 2. The summed E-state index contributed by atoms with van der Waals surface area (Å²) in [5, 5.41) is 0.876. The van der Waals surface area contributed by atoms with Gasteiger partial charge in [0, 0.05) is 6.21 Å². The van der Waals surface area contributed by atoms with E-state index in [0.29, 0.717) is 15.6 Å². The number of aliphatic imine (C=N–C) groups is 1. The van der Waals surface area contributed by atoms with Gasteiger partial charge in [-0.25, -0.2) is 4.79 Å². The van der Waals surface area contributed by atoms with Crippen LogP contribution in [0.1, 0.15) is 26.3 Å². The van der Waals surface area contributed by atoms with Crippen LogP contribution in [0, 0.1) is 0 Å². The molecule has 0 radical (unpaired) electrons. The lowest BCUT2D eigenvalue weighted by Crippen LogP contribution is -2.21. The largest absolute Gasteiger partial charge is 0.442 e. The van der Waals surface area contributed by atoms with Gasteiger partial charge >= 0.3 is 6.09 Å². The number of benzene rings is 1. The van der Waals surface area contributed by atoms with E-state index in [9.17, 15) is 4.79 Å². The highest BCUT2D eigenvalue weighted by Gasteiger charge is 2.14. The number of hydrogen-bond donors (Lipinski definition) is 0. The molecule has 0 aliphatic carbocycles. The molecule has 0 aliphatic heterocycles. The minimum Gasteiger partial charge on any atom is -0.442 e. The van der Waals surface area contributed by atoms with E-state index < -0.39 is 11.7 Å². The minimum atomic E-state index is -0.636. The van der Waals surface area contributed by atoms with Crippen LogP contribution >= 0.6 is 23.2 Å². The molecular formula is C12H13Cl2NO2. The lowest BCUT2D eigenvalue weighted by atomic mass is 10.2. The molecular weight excluding hydrogens is 261 g/mol. The lowest BCUT2D eigenvalue weighted by Gasteiger charge is -2.17. The summed E-state index contributed by atoms with van der Waals surface area (Å²) in [5.41, 5.74) is 0.136. The van der Waals surface area contributed by atoms with E-state index in [-0.39, 0.29) is 0 Å². The maximum atomic E-state index is 11.3. The van der Waals surface area contributed by atoms with Gasteiger partial charge in [0.05, 0.1) is 10.0 Å². The van der Waals surface area contributed by atoms with Crippen molar-refractivity contribution in [2.24, 2.45) is 4.99 Å². The number of ether oxygens (including phenoxy) is 1. The van der Waals surface area contributed by atoms with Crippen LogP contribution in [0.4, 0.5) is 4.79 Å². The summed E-state index contributed by atoms with van der Waals surface area (Å²) in [6.45, 7) is 5.33. The number of carbonyl (C=O) groups is 1. The molecule has 1 aromatic carbocycles. The fraction of sp³-hybridized carbons (Fsp3) is 0.333. The van der Waals surface area contributed by atoms with E-state index >= 15 is 0 Å². The Morgan fingerprint density at radius 3 is 2.47 bits per heavy atom. The summed E-state index contributed by atoms with van der Waals surface area (Å²) in [6.07, 6.45) is 0.750. The second kappa shape index (κ2) is 5.52. The van der Waals surface area contributed by atoms with Crippen LogP contribution in [0.25, 0.3) is 0 Å². The zero-order valence-corrected chi connectivity index (χ0v) is 11.3. The third-order valence-corrected chi connectivity index (χ3v) is 2.40. The molecule has 0 spiro atoms. The van der Waals surface area contributed by atoms with E-state index in [1.807, 2.05) is 0 Å². The standard InChI is InChI=1S/C12H13Cl2NO2/c1-12(2,3)17-11(16)15-7-8-4-5-9(13)10(14)6-8/h4-7H,1-3H3. The first-order valence-corrected chi connectivity index (χ1v) is 5.75. The topological polar surface area (TPSA) is 38.7 Å². The van der Waals surface area contributed by atoms with Crippen molar-refractivity contribution in [2.45, 2.75) is 26.4 Å². The Morgan fingerprint density at radius 2 is 1.94 bits per heavy atom. The molecule has 3 nitrogen and oxygen atoms in total. The van der Waals surface area contributed by atoms with Gasteiger partial charge in [0.15, 0.2) is 0 Å². The highest BCUT2D eigenvalue weighted by Crippen LogP contribution is 2.21. The van der Waals surface area contributed by atoms with Crippen molar-refractivity contribution in [3.05, 3.63) is 33.8 Å². The van der Waals surface area contributed by atoms with Gasteiger partial charge in [0.2, 0.25) is 0 Å². The van der Waals surface area contributed by atoms with Crippen molar-refractivity contribution in [1.29, 1.82) is 0 Å². The molecule has 92 valence electrons. The first kappa shape index (κ1) is 14.0. The van der Waals surface area contributed by atoms with Gasteiger partial charge in [-0.05, 0) is 38.5 Å². The van der Waals surface area contributed by atoms with Crippen LogP contribution in [0.5, 0.6) is 0 Å². The van der Waals surface area contributed by atoms with Gasteiger partial charge in [-0.3, -0.25) is 0 Å². The predicted octanol–water partition coefficient (Wildman–Crippen LogP) is 4.35. The Balaban J connectivity index is 2.71. The molecule has 5 heteroatoms. The van der Waals surface area contributed by atoms with Crippen molar-refractivity contribution in [3.63, 3.8) is 0 Å². The summed E-state index contributed by atoms with van der Waals surface area (Å²) in [5.74, 6) is 0. The SMILES string of the molecule is CC(C)(C)OC(=O)N=Cc1ccc(Cl)c(Cl)c1. The molecule has 0 atom stereocenters. The number of carbonyl (C=O) groups excluding carboxylic acids is 1. The van der Waals surface area contributed by atoms with Gasteiger partial charge in [0.25, 0.3) is 0 Å². The third kappa shape index (κ3) is 5.20. The first-order chi connectivity index (χ1) is 7.78. The zero-order valence-electron chi connectivity index (χ0n) is 9.83. The van der Waals surface area contributed by atoms with E-state index in [1.165, 1.54) is 6.21 Å². The monoisotopic (exact) mass is 273 g/mol. The molecule has 0 aromatic heterocycles. The highest BCUT2D eigenvalue weighted by molar-refractivity contribution is 6.42. The molecule has 17 heavy (non-hydrogen) atoms. The summed E-state index contributed by atoms with van der Waals surface area (Å²) in [4.78, 5) is 15.0. The van der Waals surface area contributed by atoms with Gasteiger partial charge in [-0.15, -0.1) is 0 Å². The van der Waals surface area contributed by atoms with Crippen LogP contribution < -0.4 is 0 Å². The molecule has 0 saturated carbocycles. The van der Waals surface area contributed by atoms with Gasteiger partial charge < -0.3 is 4.74 Å². The Hall–Kier alpha value is -1.06. The van der Waals surface area contributed by atoms with Crippen LogP contribution in [0.3, 0.4) is 0 Å². The Kier molecular flexibility index (Phi) is 4.54. The molecule has 1 amide bonds. The van der Waals surface area contributed by atoms with Crippen molar-refractivity contribution < 1.29 is 9.53 Å². The summed E-state index contributed by atoms with van der Waals surface area (Å²) in [6, 6.07) is 4.97. The fourth-order valence-corrected chi connectivity index (χ4v) is 1.31. The number of rotatable bonds is 1. The first-order valence-electron chi connectivity index (χ1n) is 5.00. The molecule has 0 fully saturated rings. The third-order valence-electron chi connectivity index (χ3n) is 1.66. The second-order valence-electron chi connectivity index (χ2n) is 4.41. The van der Waals surface area contributed by atoms with Crippen LogP contribution in [0.15, 0.2) is 23.2 Å². The van der Waals surface area contributed by atoms with E-state index in [4.69, 9.17) is 27.9 Å². The molecule has 1 aromatic rings. The highest BCUT2D eigenvalue weighted by atomic mass is 35.5. The van der Waals surface area contributed by atoms with Crippen molar-refractivity contribution in [2.75, 3.05) is 0 Å². The number of amides is 1. The molecule has 0 unspecified atom stereocenters. The predicted molar refractivity (Wildman–Crippen MR) is 70.3 cm³/mol. The van der Waals surface area contributed by atoms with Gasteiger partial charge in [-0.1, -0.05) is 29.3 Å². The van der Waals surface area contributed by atoms with E-state index in [2.05, 4.69) is 4.99 Å². The Bertz CT molecular complexity index is 450. The zero-order chi connectivity index (χ0) is 13.1. The molecule has 0 saturated heterocycles. The Labute approximate surface area is 110 Å².